The van der Waals surface area contributed by atoms with Gasteiger partial charge in [-0.05, 0) is 18.3 Å². The number of rotatable bonds is 2. The molecule has 2 N–H and O–H groups in total. The number of hydrogen-bond acceptors (Lipinski definition) is 2. The maximum absolute atomic E-state index is 11.9. The van der Waals surface area contributed by atoms with Crippen LogP contribution in [0.15, 0.2) is 0 Å². The molecule has 1 aliphatic rings. The summed E-state index contributed by atoms with van der Waals surface area (Å²) >= 11 is 0. The van der Waals surface area contributed by atoms with Crippen LogP contribution in [0.4, 0.5) is 0 Å². The molecule has 1 aliphatic heterocycles. The number of carbonyl (C=O) groups is 1. The number of carbonyl (C=O) groups excluding carboxylic acids is 1. The molecule has 3 nitrogen and oxygen atoms in total. The van der Waals surface area contributed by atoms with E-state index in [0.717, 1.165) is 19.4 Å². The minimum absolute atomic E-state index is 0.0656. The van der Waals surface area contributed by atoms with Gasteiger partial charge in [-0.3, -0.25) is 4.79 Å². The molecule has 0 bridgehead atoms. The highest BCUT2D eigenvalue weighted by Gasteiger charge is 2.25. The van der Waals surface area contributed by atoms with Crippen molar-refractivity contribution in [3.05, 3.63) is 0 Å². The molecule has 0 aromatic rings. The Morgan fingerprint density at radius 1 is 1.25 bits per heavy atom. The van der Waals surface area contributed by atoms with Gasteiger partial charge in [0.1, 0.15) is 0 Å². The Hall–Kier alpha value is -0.570. The smallest absolute Gasteiger partial charge is 0.222 e. The van der Waals surface area contributed by atoms with E-state index < -0.39 is 0 Å². The largest absolute Gasteiger partial charge is 0.341 e. The van der Waals surface area contributed by atoms with Crippen molar-refractivity contribution in [1.82, 2.24) is 4.90 Å². The third-order valence-corrected chi connectivity index (χ3v) is 3.45. The van der Waals surface area contributed by atoms with Gasteiger partial charge in [0.05, 0.1) is 0 Å². The lowest BCUT2D eigenvalue weighted by Crippen LogP contribution is -2.47. The maximum Gasteiger partial charge on any atom is 0.222 e. The number of amides is 1. The second-order valence-corrected chi connectivity index (χ2v) is 5.98. The fourth-order valence-electron chi connectivity index (χ4n) is 1.92. The number of hydrogen-bond donors (Lipinski definition) is 1. The summed E-state index contributed by atoms with van der Waals surface area (Å²) in [7, 11) is 0. The zero-order valence-electron chi connectivity index (χ0n) is 11.0. The molecule has 0 saturated carbocycles. The van der Waals surface area contributed by atoms with Crippen LogP contribution in [0.25, 0.3) is 0 Å². The van der Waals surface area contributed by atoms with Gasteiger partial charge in [-0.2, -0.15) is 0 Å². The quantitative estimate of drug-likeness (QED) is 0.784. The van der Waals surface area contributed by atoms with Crippen molar-refractivity contribution in [2.75, 3.05) is 13.1 Å². The lowest BCUT2D eigenvalue weighted by Gasteiger charge is -2.33. The summed E-state index contributed by atoms with van der Waals surface area (Å²) in [5.41, 5.74) is 6.21. The fourth-order valence-corrected chi connectivity index (χ4v) is 1.92. The molecular weight excluding hydrogens is 200 g/mol. The van der Waals surface area contributed by atoms with Crippen LogP contribution < -0.4 is 5.73 Å². The molecule has 94 valence electrons. The molecule has 1 saturated heterocycles. The van der Waals surface area contributed by atoms with Gasteiger partial charge in [0, 0.05) is 25.6 Å². The molecular formula is C13H26N2O. The average molecular weight is 226 g/mol. The standard InChI is InChI=1S/C13H26N2O/c1-13(2,3)11(14)10-15-9-7-5-4-6-8-12(15)16/h11H,4-10,14H2,1-3H3. The molecule has 1 unspecified atom stereocenters. The first-order valence-corrected chi connectivity index (χ1v) is 6.44. The third kappa shape index (κ3) is 4.12. The topological polar surface area (TPSA) is 46.3 Å². The van der Waals surface area contributed by atoms with Gasteiger partial charge in [0.2, 0.25) is 5.91 Å². The Bertz CT molecular complexity index is 233. The molecule has 1 heterocycles. The molecule has 0 spiro atoms. The van der Waals surface area contributed by atoms with Crippen molar-refractivity contribution in [2.45, 2.75) is 58.9 Å². The van der Waals surface area contributed by atoms with E-state index in [1.54, 1.807) is 0 Å². The molecule has 1 atom stereocenters. The predicted octanol–water partition coefficient (Wildman–Crippen LogP) is 2.15. The predicted molar refractivity (Wildman–Crippen MR) is 67.1 cm³/mol. The summed E-state index contributed by atoms with van der Waals surface area (Å²) in [6.07, 6.45) is 5.32. The Morgan fingerprint density at radius 3 is 2.50 bits per heavy atom. The molecule has 0 aromatic carbocycles. The van der Waals surface area contributed by atoms with Gasteiger partial charge in [-0.25, -0.2) is 0 Å². The van der Waals surface area contributed by atoms with Crippen LogP contribution in [0, 0.1) is 5.41 Å². The summed E-state index contributed by atoms with van der Waals surface area (Å²) in [6, 6.07) is 0.0656. The first-order valence-electron chi connectivity index (χ1n) is 6.44. The summed E-state index contributed by atoms with van der Waals surface area (Å²) in [6.45, 7) is 8.00. The summed E-state index contributed by atoms with van der Waals surface area (Å²) in [4.78, 5) is 13.9. The van der Waals surface area contributed by atoms with Crippen molar-refractivity contribution in [2.24, 2.45) is 11.1 Å². The first-order chi connectivity index (χ1) is 7.41. The summed E-state index contributed by atoms with van der Waals surface area (Å²) in [5, 5.41) is 0. The van der Waals surface area contributed by atoms with E-state index in [-0.39, 0.29) is 11.5 Å². The monoisotopic (exact) mass is 226 g/mol. The van der Waals surface area contributed by atoms with Crippen LogP contribution in [-0.2, 0) is 4.79 Å². The van der Waals surface area contributed by atoms with Crippen molar-refractivity contribution in [3.8, 4) is 0 Å². The molecule has 3 heteroatoms. The fraction of sp³-hybridized carbons (Fsp3) is 0.923. The van der Waals surface area contributed by atoms with Crippen LogP contribution >= 0.6 is 0 Å². The minimum Gasteiger partial charge on any atom is -0.341 e. The van der Waals surface area contributed by atoms with Crippen molar-refractivity contribution in [1.29, 1.82) is 0 Å². The molecule has 1 amide bonds. The van der Waals surface area contributed by atoms with E-state index >= 15 is 0 Å². The lowest BCUT2D eigenvalue weighted by molar-refractivity contribution is -0.132. The van der Waals surface area contributed by atoms with E-state index in [0.29, 0.717) is 18.9 Å². The highest BCUT2D eigenvalue weighted by molar-refractivity contribution is 5.76. The number of nitrogens with two attached hydrogens (primary N) is 1. The molecule has 0 aromatic heterocycles. The minimum atomic E-state index is 0.0656. The van der Waals surface area contributed by atoms with Crippen LogP contribution in [0.5, 0.6) is 0 Å². The van der Waals surface area contributed by atoms with Crippen molar-refractivity contribution < 1.29 is 4.79 Å². The van der Waals surface area contributed by atoms with Gasteiger partial charge >= 0.3 is 0 Å². The Kier molecular flexibility index (Phi) is 4.78. The van der Waals surface area contributed by atoms with Crippen molar-refractivity contribution >= 4 is 5.91 Å². The molecule has 0 radical (unpaired) electrons. The molecule has 0 aliphatic carbocycles. The number of nitrogens with zero attached hydrogens (tertiary/aromatic N) is 1. The maximum atomic E-state index is 11.9. The van der Waals surface area contributed by atoms with E-state index in [1.807, 2.05) is 4.90 Å². The second kappa shape index (κ2) is 5.67. The normalized spacial score (nSPS) is 21.5. The van der Waals surface area contributed by atoms with Gasteiger partial charge in [-0.15, -0.1) is 0 Å². The first kappa shape index (κ1) is 13.5. The molecule has 1 rings (SSSR count). The summed E-state index contributed by atoms with van der Waals surface area (Å²) in [5.74, 6) is 0.291. The lowest BCUT2D eigenvalue weighted by atomic mass is 9.87. The van der Waals surface area contributed by atoms with Crippen LogP contribution in [0.3, 0.4) is 0 Å². The third-order valence-electron chi connectivity index (χ3n) is 3.45. The van der Waals surface area contributed by atoms with Gasteiger partial charge in [0.25, 0.3) is 0 Å². The molecule has 1 fully saturated rings. The zero-order valence-corrected chi connectivity index (χ0v) is 11.0. The highest BCUT2D eigenvalue weighted by Crippen LogP contribution is 2.20. The Balaban J connectivity index is 2.52. The van der Waals surface area contributed by atoms with Gasteiger partial charge in [-0.1, -0.05) is 33.6 Å². The van der Waals surface area contributed by atoms with Crippen molar-refractivity contribution in [3.63, 3.8) is 0 Å². The van der Waals surface area contributed by atoms with E-state index in [9.17, 15) is 4.79 Å². The van der Waals surface area contributed by atoms with Gasteiger partial charge < -0.3 is 10.6 Å². The zero-order chi connectivity index (χ0) is 12.2. The van der Waals surface area contributed by atoms with Crippen LogP contribution in [0.2, 0.25) is 0 Å². The molecule has 16 heavy (non-hydrogen) atoms. The second-order valence-electron chi connectivity index (χ2n) is 5.98. The van der Waals surface area contributed by atoms with E-state index in [2.05, 4.69) is 20.8 Å². The van der Waals surface area contributed by atoms with Crippen LogP contribution in [-0.4, -0.2) is 29.9 Å². The summed E-state index contributed by atoms with van der Waals surface area (Å²) < 4.78 is 0. The Morgan fingerprint density at radius 2 is 1.88 bits per heavy atom. The SMILES string of the molecule is CC(C)(C)C(N)CN1CCCCCCC1=O. The highest BCUT2D eigenvalue weighted by atomic mass is 16.2. The van der Waals surface area contributed by atoms with Gasteiger partial charge in [0.15, 0.2) is 0 Å². The Labute approximate surface area is 99.4 Å². The number of likely N-dealkylation sites (tertiary alicyclic amines) is 1. The van der Waals surface area contributed by atoms with E-state index in [1.165, 1.54) is 12.8 Å². The average Bonchev–Trinajstić information content (AvgIpc) is 2.16. The van der Waals surface area contributed by atoms with E-state index in [4.69, 9.17) is 5.73 Å². The van der Waals surface area contributed by atoms with Crippen LogP contribution in [0.1, 0.15) is 52.9 Å².